The summed E-state index contributed by atoms with van der Waals surface area (Å²) in [5, 5.41) is 3.51. The molecule has 1 heterocycles. The molecule has 2 aromatic carbocycles. The standard InChI is InChI=1S/C18H17N3OS2/c1-12-17(13-5-3-2-4-6-13)21-18(24-12)20-16(22)11-23-15-9-7-14(19)8-10-15/h2-10H,11,19H2,1H3,(H,20,21,22). The number of thioether (sulfide) groups is 1. The molecule has 24 heavy (non-hydrogen) atoms. The first-order valence-corrected chi connectivity index (χ1v) is 9.23. The van der Waals surface area contributed by atoms with Crippen molar-refractivity contribution in [3.05, 3.63) is 59.5 Å². The average Bonchev–Trinajstić information content (AvgIpc) is 2.95. The number of carbonyl (C=O) groups is 1. The molecule has 0 radical (unpaired) electrons. The van der Waals surface area contributed by atoms with Crippen molar-refractivity contribution < 1.29 is 4.79 Å². The lowest BCUT2D eigenvalue weighted by Crippen LogP contribution is -2.13. The van der Waals surface area contributed by atoms with Crippen molar-refractivity contribution in [1.29, 1.82) is 0 Å². The summed E-state index contributed by atoms with van der Waals surface area (Å²) in [6, 6.07) is 17.5. The summed E-state index contributed by atoms with van der Waals surface area (Å²) >= 11 is 2.97. The number of aryl methyl sites for hydroxylation is 1. The lowest BCUT2D eigenvalue weighted by molar-refractivity contribution is -0.113. The van der Waals surface area contributed by atoms with E-state index in [9.17, 15) is 4.79 Å². The van der Waals surface area contributed by atoms with E-state index < -0.39 is 0 Å². The van der Waals surface area contributed by atoms with Gasteiger partial charge in [0.05, 0.1) is 11.4 Å². The minimum absolute atomic E-state index is 0.0646. The summed E-state index contributed by atoms with van der Waals surface area (Å²) in [6.45, 7) is 2.01. The molecular formula is C18H17N3OS2. The van der Waals surface area contributed by atoms with Gasteiger partial charge in [0.25, 0.3) is 0 Å². The number of benzene rings is 2. The number of anilines is 2. The highest BCUT2D eigenvalue weighted by molar-refractivity contribution is 8.00. The summed E-state index contributed by atoms with van der Waals surface area (Å²) in [5.74, 6) is 0.272. The van der Waals surface area contributed by atoms with Gasteiger partial charge in [-0.3, -0.25) is 4.79 Å². The van der Waals surface area contributed by atoms with Crippen molar-refractivity contribution in [3.63, 3.8) is 0 Å². The van der Waals surface area contributed by atoms with Crippen molar-refractivity contribution in [2.24, 2.45) is 0 Å². The van der Waals surface area contributed by atoms with Gasteiger partial charge in [-0.25, -0.2) is 4.98 Å². The van der Waals surface area contributed by atoms with E-state index in [4.69, 9.17) is 5.73 Å². The van der Waals surface area contributed by atoms with Gasteiger partial charge < -0.3 is 11.1 Å². The highest BCUT2D eigenvalue weighted by Gasteiger charge is 2.12. The third-order valence-electron chi connectivity index (χ3n) is 3.34. The molecule has 0 aliphatic heterocycles. The Morgan fingerprint density at radius 1 is 1.17 bits per heavy atom. The van der Waals surface area contributed by atoms with Gasteiger partial charge in [-0.1, -0.05) is 30.3 Å². The molecule has 1 amide bonds. The van der Waals surface area contributed by atoms with Crippen molar-refractivity contribution >= 4 is 39.8 Å². The number of rotatable bonds is 5. The van der Waals surface area contributed by atoms with Crippen LogP contribution in [0.5, 0.6) is 0 Å². The van der Waals surface area contributed by atoms with Gasteiger partial charge in [-0.15, -0.1) is 23.1 Å². The number of carbonyl (C=O) groups excluding carboxylic acids is 1. The summed E-state index contributed by atoms with van der Waals surface area (Å²) < 4.78 is 0. The van der Waals surface area contributed by atoms with Crippen molar-refractivity contribution in [2.75, 3.05) is 16.8 Å². The fraction of sp³-hybridized carbons (Fsp3) is 0.111. The zero-order valence-electron chi connectivity index (χ0n) is 13.2. The van der Waals surface area contributed by atoms with Crippen LogP contribution in [0.4, 0.5) is 10.8 Å². The van der Waals surface area contributed by atoms with Crippen LogP contribution in [0.3, 0.4) is 0 Å². The Morgan fingerprint density at radius 3 is 2.58 bits per heavy atom. The second-order valence-corrected chi connectivity index (χ2v) is 7.45. The Morgan fingerprint density at radius 2 is 1.88 bits per heavy atom. The van der Waals surface area contributed by atoms with E-state index in [1.807, 2.05) is 61.5 Å². The minimum Gasteiger partial charge on any atom is -0.399 e. The molecule has 0 bridgehead atoms. The van der Waals surface area contributed by atoms with Gasteiger partial charge in [0, 0.05) is 21.0 Å². The molecule has 3 rings (SSSR count). The lowest BCUT2D eigenvalue weighted by Gasteiger charge is -2.02. The first-order chi connectivity index (χ1) is 11.6. The molecule has 4 nitrogen and oxygen atoms in total. The number of nitrogens with zero attached hydrogens (tertiary/aromatic N) is 1. The van der Waals surface area contributed by atoms with Gasteiger partial charge in [0.1, 0.15) is 0 Å². The van der Waals surface area contributed by atoms with Gasteiger partial charge >= 0.3 is 0 Å². The van der Waals surface area contributed by atoms with Gasteiger partial charge in [-0.2, -0.15) is 0 Å². The van der Waals surface area contributed by atoms with Crippen LogP contribution in [-0.4, -0.2) is 16.6 Å². The number of hydrogen-bond donors (Lipinski definition) is 2. The summed E-state index contributed by atoms with van der Waals surface area (Å²) in [7, 11) is 0. The van der Waals surface area contributed by atoms with E-state index in [0.717, 1.165) is 26.7 Å². The van der Waals surface area contributed by atoms with Crippen LogP contribution in [0.2, 0.25) is 0 Å². The Kier molecular flexibility index (Phi) is 5.17. The summed E-state index contributed by atoms with van der Waals surface area (Å²) in [6.07, 6.45) is 0. The molecule has 0 saturated heterocycles. The Bertz CT molecular complexity index is 829. The zero-order valence-corrected chi connectivity index (χ0v) is 14.8. The second kappa shape index (κ2) is 7.51. The van der Waals surface area contributed by atoms with E-state index in [-0.39, 0.29) is 5.91 Å². The number of nitrogen functional groups attached to an aromatic ring is 1. The first-order valence-electron chi connectivity index (χ1n) is 7.43. The van der Waals surface area contributed by atoms with Crippen molar-refractivity contribution in [3.8, 4) is 11.3 Å². The number of nitrogens with one attached hydrogen (secondary N) is 1. The molecule has 0 aliphatic carbocycles. The molecule has 0 fully saturated rings. The van der Waals surface area contributed by atoms with Crippen molar-refractivity contribution in [1.82, 2.24) is 4.98 Å². The fourth-order valence-corrected chi connectivity index (χ4v) is 3.73. The smallest absolute Gasteiger partial charge is 0.236 e. The molecule has 0 saturated carbocycles. The fourth-order valence-electron chi connectivity index (χ4n) is 2.18. The molecule has 0 spiro atoms. The van der Waals surface area contributed by atoms with Gasteiger partial charge in [0.15, 0.2) is 5.13 Å². The molecule has 3 aromatic rings. The lowest BCUT2D eigenvalue weighted by atomic mass is 10.1. The zero-order chi connectivity index (χ0) is 16.9. The summed E-state index contributed by atoms with van der Waals surface area (Å²) in [4.78, 5) is 18.8. The summed E-state index contributed by atoms with van der Waals surface area (Å²) in [5.41, 5.74) is 8.35. The minimum atomic E-state index is -0.0646. The predicted molar refractivity (Wildman–Crippen MR) is 102 cm³/mol. The number of aromatic nitrogens is 1. The largest absolute Gasteiger partial charge is 0.399 e. The maximum Gasteiger partial charge on any atom is 0.236 e. The number of nitrogens with two attached hydrogens (primary N) is 1. The molecule has 0 aliphatic rings. The van der Waals surface area contributed by atoms with Crippen LogP contribution in [0, 0.1) is 6.92 Å². The molecule has 1 aromatic heterocycles. The number of hydrogen-bond acceptors (Lipinski definition) is 5. The predicted octanol–water partition coefficient (Wildman–Crippen LogP) is 4.43. The van der Waals surface area contributed by atoms with E-state index >= 15 is 0 Å². The molecule has 6 heteroatoms. The van der Waals surface area contributed by atoms with Crippen LogP contribution in [0.1, 0.15) is 4.88 Å². The van der Waals surface area contributed by atoms with E-state index in [1.54, 1.807) is 0 Å². The monoisotopic (exact) mass is 355 g/mol. The van der Waals surface area contributed by atoms with Crippen molar-refractivity contribution in [2.45, 2.75) is 11.8 Å². The van der Waals surface area contributed by atoms with Gasteiger partial charge in [0.2, 0.25) is 5.91 Å². The third kappa shape index (κ3) is 4.15. The molecule has 3 N–H and O–H groups in total. The normalized spacial score (nSPS) is 10.5. The molecule has 0 atom stereocenters. The maximum absolute atomic E-state index is 12.1. The molecule has 122 valence electrons. The first kappa shape index (κ1) is 16.5. The number of amides is 1. The van der Waals surface area contributed by atoms with E-state index in [2.05, 4.69) is 10.3 Å². The van der Waals surface area contributed by atoms with E-state index in [1.165, 1.54) is 23.1 Å². The van der Waals surface area contributed by atoms with Crippen LogP contribution in [-0.2, 0) is 4.79 Å². The number of thiazole rings is 1. The third-order valence-corrected chi connectivity index (χ3v) is 5.24. The Labute approximate surface area is 149 Å². The topological polar surface area (TPSA) is 68.0 Å². The second-order valence-electron chi connectivity index (χ2n) is 5.20. The Hall–Kier alpha value is -2.31. The van der Waals surface area contributed by atoms with Gasteiger partial charge in [-0.05, 0) is 31.2 Å². The quantitative estimate of drug-likeness (QED) is 0.525. The highest BCUT2D eigenvalue weighted by atomic mass is 32.2. The van der Waals surface area contributed by atoms with Crippen LogP contribution in [0.25, 0.3) is 11.3 Å². The van der Waals surface area contributed by atoms with Crippen LogP contribution >= 0.6 is 23.1 Å². The SMILES string of the molecule is Cc1sc(NC(=O)CSc2ccc(N)cc2)nc1-c1ccccc1. The molecule has 0 unspecified atom stereocenters. The Balaban J connectivity index is 1.61. The molecular weight excluding hydrogens is 338 g/mol. The highest BCUT2D eigenvalue weighted by Crippen LogP contribution is 2.30. The maximum atomic E-state index is 12.1. The van der Waals surface area contributed by atoms with E-state index in [0.29, 0.717) is 10.9 Å². The van der Waals surface area contributed by atoms with Crippen LogP contribution in [0.15, 0.2) is 59.5 Å². The van der Waals surface area contributed by atoms with Crippen LogP contribution < -0.4 is 11.1 Å². The average molecular weight is 355 g/mol.